The molecule has 1 aliphatic rings. The highest BCUT2D eigenvalue weighted by molar-refractivity contribution is 6.13. The van der Waals surface area contributed by atoms with Gasteiger partial charge in [0.2, 0.25) is 0 Å². The van der Waals surface area contributed by atoms with E-state index in [1.807, 2.05) is 36.4 Å². The lowest BCUT2D eigenvalue weighted by Crippen LogP contribution is -2.36. The van der Waals surface area contributed by atoms with Gasteiger partial charge in [-0.25, -0.2) is 15.0 Å². The van der Waals surface area contributed by atoms with E-state index in [0.29, 0.717) is 17.5 Å². The lowest BCUT2D eigenvalue weighted by atomic mass is 9.63. The van der Waals surface area contributed by atoms with Crippen LogP contribution in [0.15, 0.2) is 182 Å². The van der Waals surface area contributed by atoms with Gasteiger partial charge in [-0.05, 0) is 52.9 Å². The molecule has 1 unspecified atom stereocenters. The van der Waals surface area contributed by atoms with Gasteiger partial charge in [-0.1, -0.05) is 158 Å². The zero-order chi connectivity index (χ0) is 33.8. The van der Waals surface area contributed by atoms with Crippen LogP contribution in [0.5, 0.6) is 0 Å². The van der Waals surface area contributed by atoms with E-state index in [1.54, 1.807) is 0 Å². The Hall–Kier alpha value is -6.65. The zero-order valence-electron chi connectivity index (χ0n) is 27.8. The van der Waals surface area contributed by atoms with Crippen molar-refractivity contribution in [2.45, 2.75) is 11.8 Å². The van der Waals surface area contributed by atoms with Crippen molar-refractivity contribution >= 4 is 21.8 Å². The maximum Gasteiger partial charge on any atom is 0.164 e. The second-order valence-corrected chi connectivity index (χ2v) is 13.3. The van der Waals surface area contributed by atoms with Crippen LogP contribution in [0, 0.1) is 0 Å². The Labute approximate surface area is 296 Å². The number of hydrogen-bond acceptors (Lipinski definition) is 3. The molecule has 7 aromatic carbocycles. The van der Waals surface area contributed by atoms with Crippen LogP contribution in [-0.2, 0) is 11.8 Å². The van der Waals surface area contributed by atoms with Crippen LogP contribution in [0.3, 0.4) is 0 Å². The normalized spacial score (nSPS) is 14.8. The van der Waals surface area contributed by atoms with Crippen molar-refractivity contribution in [1.29, 1.82) is 0 Å². The van der Waals surface area contributed by atoms with Gasteiger partial charge in [-0.2, -0.15) is 0 Å². The van der Waals surface area contributed by atoms with Gasteiger partial charge in [0, 0.05) is 27.5 Å². The molecular formula is C47H32N4. The van der Waals surface area contributed by atoms with Gasteiger partial charge < -0.3 is 4.57 Å². The van der Waals surface area contributed by atoms with E-state index in [-0.39, 0.29) is 0 Å². The zero-order valence-corrected chi connectivity index (χ0v) is 27.8. The molecule has 240 valence electrons. The largest absolute Gasteiger partial charge is 0.309 e. The molecule has 0 saturated carbocycles. The monoisotopic (exact) mass is 652 g/mol. The molecular weight excluding hydrogens is 621 g/mol. The molecule has 10 rings (SSSR count). The minimum Gasteiger partial charge on any atom is -0.309 e. The molecule has 0 fully saturated rings. The maximum absolute atomic E-state index is 5.21. The van der Waals surface area contributed by atoms with Gasteiger partial charge in [0.1, 0.15) is 0 Å². The summed E-state index contributed by atoms with van der Waals surface area (Å²) in [5.74, 6) is 1.96. The molecule has 0 spiro atoms. The third kappa shape index (κ3) is 4.64. The number of aromatic nitrogens is 4. The highest BCUT2D eigenvalue weighted by atomic mass is 15.0. The van der Waals surface area contributed by atoms with E-state index in [1.165, 1.54) is 49.7 Å². The van der Waals surface area contributed by atoms with Crippen LogP contribution < -0.4 is 0 Å². The third-order valence-electron chi connectivity index (χ3n) is 10.4. The van der Waals surface area contributed by atoms with E-state index in [9.17, 15) is 0 Å². The minimum atomic E-state index is -0.505. The molecule has 3 heterocycles. The smallest absolute Gasteiger partial charge is 0.164 e. The fourth-order valence-corrected chi connectivity index (χ4v) is 8.14. The summed E-state index contributed by atoms with van der Waals surface area (Å²) in [4.78, 5) is 15.4. The first-order chi connectivity index (χ1) is 25.3. The number of hydrogen-bond donors (Lipinski definition) is 0. The van der Waals surface area contributed by atoms with Gasteiger partial charge in [-0.15, -0.1) is 0 Å². The Balaban J connectivity index is 1.35. The van der Waals surface area contributed by atoms with E-state index in [4.69, 9.17) is 15.0 Å². The third-order valence-corrected chi connectivity index (χ3v) is 10.4. The first-order valence-electron chi connectivity index (χ1n) is 17.4. The van der Waals surface area contributed by atoms with E-state index in [2.05, 4.69) is 150 Å². The van der Waals surface area contributed by atoms with E-state index in [0.717, 1.165) is 23.1 Å². The molecule has 51 heavy (non-hydrogen) atoms. The van der Waals surface area contributed by atoms with Crippen LogP contribution in [0.2, 0.25) is 0 Å². The molecule has 0 aliphatic carbocycles. The van der Waals surface area contributed by atoms with Crippen molar-refractivity contribution in [2.24, 2.45) is 0 Å². The summed E-state index contributed by atoms with van der Waals surface area (Å²) in [6, 6.07) is 64.7. The summed E-state index contributed by atoms with van der Waals surface area (Å²) in [5.41, 5.74) is 11.0. The Morgan fingerprint density at radius 2 is 0.961 bits per heavy atom. The van der Waals surface area contributed by atoms with Crippen molar-refractivity contribution in [3.63, 3.8) is 0 Å². The quantitative estimate of drug-likeness (QED) is 0.180. The lowest BCUT2D eigenvalue weighted by molar-refractivity contribution is 0.604. The second kappa shape index (κ2) is 11.7. The van der Waals surface area contributed by atoms with Crippen molar-refractivity contribution < 1.29 is 0 Å². The van der Waals surface area contributed by atoms with Gasteiger partial charge in [0.15, 0.2) is 17.5 Å². The molecule has 4 nitrogen and oxygen atoms in total. The van der Waals surface area contributed by atoms with Crippen LogP contribution in [0.4, 0.5) is 0 Å². The molecule has 2 aromatic heterocycles. The first kappa shape index (κ1) is 29.3. The van der Waals surface area contributed by atoms with Crippen molar-refractivity contribution in [3.05, 3.63) is 204 Å². The van der Waals surface area contributed by atoms with Crippen molar-refractivity contribution in [2.75, 3.05) is 0 Å². The minimum absolute atomic E-state index is 0.505. The number of fused-ring (bicyclic) bond motifs is 5. The summed E-state index contributed by atoms with van der Waals surface area (Å²) in [6.45, 7) is 0. The van der Waals surface area contributed by atoms with Gasteiger partial charge in [0.25, 0.3) is 0 Å². The molecule has 9 aromatic rings. The average Bonchev–Trinajstić information content (AvgIpc) is 3.55. The SMILES string of the molecule is c1ccc(CC2(c3ccccc3)c3ccccc3-n3c4ccccc4c4cc(-c5nc(-c6ccccc6)nc(-c6ccccc6)n5)cc2c43)cc1. The van der Waals surface area contributed by atoms with Crippen LogP contribution in [-0.4, -0.2) is 19.5 Å². The second-order valence-electron chi connectivity index (χ2n) is 13.3. The topological polar surface area (TPSA) is 43.6 Å². The molecule has 0 amide bonds. The summed E-state index contributed by atoms with van der Waals surface area (Å²) in [7, 11) is 0. The van der Waals surface area contributed by atoms with Gasteiger partial charge in [0.05, 0.1) is 22.1 Å². The van der Waals surface area contributed by atoms with Crippen LogP contribution >= 0.6 is 0 Å². The molecule has 0 radical (unpaired) electrons. The molecule has 1 aliphatic heterocycles. The standard InChI is InChI=1S/C47H32N4/c1-5-17-32(18-6-1)31-47(36-23-11-4-12-24-36)39-26-14-16-28-42(39)51-41-27-15-13-25-37(41)38-29-35(30-40(47)43(38)51)46-49-44(33-19-7-2-8-20-33)48-45(50-46)34-21-9-3-10-22-34/h1-30H,31H2. The van der Waals surface area contributed by atoms with E-state index >= 15 is 0 Å². The van der Waals surface area contributed by atoms with Gasteiger partial charge >= 0.3 is 0 Å². The number of rotatable bonds is 6. The highest BCUT2D eigenvalue weighted by Crippen LogP contribution is 2.53. The fraction of sp³-hybridized carbons (Fsp3) is 0.0426. The summed E-state index contributed by atoms with van der Waals surface area (Å²) in [6.07, 6.45) is 0.788. The fourth-order valence-electron chi connectivity index (χ4n) is 8.14. The Kier molecular flexibility index (Phi) is 6.75. The molecule has 0 saturated heterocycles. The summed E-state index contributed by atoms with van der Waals surface area (Å²) >= 11 is 0. The van der Waals surface area contributed by atoms with E-state index < -0.39 is 5.41 Å². The van der Waals surface area contributed by atoms with Gasteiger partial charge in [-0.3, -0.25) is 0 Å². The van der Waals surface area contributed by atoms with Crippen LogP contribution in [0.25, 0.3) is 61.7 Å². The Bertz CT molecular complexity index is 2640. The first-order valence-corrected chi connectivity index (χ1v) is 17.4. The molecule has 0 bridgehead atoms. The summed E-state index contributed by atoms with van der Waals surface area (Å²) in [5, 5.41) is 2.39. The predicted molar refractivity (Wildman–Crippen MR) is 207 cm³/mol. The molecule has 0 N–H and O–H groups in total. The average molecular weight is 653 g/mol. The highest BCUT2D eigenvalue weighted by Gasteiger charge is 2.44. The number of nitrogens with zero attached hydrogens (tertiary/aromatic N) is 4. The lowest BCUT2D eigenvalue weighted by Gasteiger charge is -2.41. The molecule has 4 heteroatoms. The van der Waals surface area contributed by atoms with Crippen molar-refractivity contribution in [1.82, 2.24) is 19.5 Å². The predicted octanol–water partition coefficient (Wildman–Crippen LogP) is 10.9. The Morgan fingerprint density at radius 1 is 0.431 bits per heavy atom. The maximum atomic E-state index is 5.21. The van der Waals surface area contributed by atoms with Crippen LogP contribution in [0.1, 0.15) is 22.3 Å². The number of benzene rings is 7. The Morgan fingerprint density at radius 3 is 1.63 bits per heavy atom. The van der Waals surface area contributed by atoms with Crippen molar-refractivity contribution in [3.8, 4) is 39.9 Å². The summed E-state index contributed by atoms with van der Waals surface area (Å²) < 4.78 is 2.48. The number of para-hydroxylation sites is 2. The molecule has 1 atom stereocenters.